The first-order chi connectivity index (χ1) is 13.3. The molecule has 3 aromatic heterocycles. The average molecular weight is 421 g/mol. The molecule has 0 fully saturated rings. The molecule has 28 heavy (non-hydrogen) atoms. The fourth-order valence-corrected chi connectivity index (χ4v) is 4.91. The van der Waals surface area contributed by atoms with Crippen LogP contribution in [0.4, 0.5) is 0 Å². The van der Waals surface area contributed by atoms with Crippen molar-refractivity contribution < 1.29 is 19.0 Å². The second kappa shape index (κ2) is 7.56. The Balaban J connectivity index is 1.56. The summed E-state index contributed by atoms with van der Waals surface area (Å²) in [7, 11) is -1.10. The lowest BCUT2D eigenvalue weighted by Gasteiger charge is -2.19. The molecule has 3 aromatic rings. The zero-order chi connectivity index (χ0) is 19.9. The minimum atomic E-state index is -1.10. The molecule has 4 rings (SSSR count). The highest BCUT2D eigenvalue weighted by molar-refractivity contribution is 7.22. The van der Waals surface area contributed by atoms with Crippen LogP contribution < -0.4 is 5.63 Å². The molecular formula is C19H24N2O5SSi. The summed E-state index contributed by atoms with van der Waals surface area (Å²) in [4.78, 5) is 13.3. The molecule has 9 heteroatoms. The van der Waals surface area contributed by atoms with Gasteiger partial charge in [0, 0.05) is 42.3 Å². The topological polar surface area (TPSA) is 86.7 Å². The number of hydrogen-bond donors (Lipinski definition) is 1. The van der Waals surface area contributed by atoms with Crippen molar-refractivity contribution in [3.63, 3.8) is 0 Å². The van der Waals surface area contributed by atoms with E-state index >= 15 is 0 Å². The first-order valence-electron chi connectivity index (χ1n) is 9.27. The molecule has 0 saturated heterocycles. The van der Waals surface area contributed by atoms with E-state index in [0.717, 1.165) is 34.0 Å². The summed E-state index contributed by atoms with van der Waals surface area (Å²) in [5.41, 5.74) is 1.24. The molecule has 0 saturated carbocycles. The third kappa shape index (κ3) is 3.99. The third-order valence-corrected chi connectivity index (χ3v) is 7.57. The van der Waals surface area contributed by atoms with E-state index in [0.29, 0.717) is 23.8 Å². The Morgan fingerprint density at radius 3 is 3.04 bits per heavy atom. The van der Waals surface area contributed by atoms with Gasteiger partial charge in [-0.1, -0.05) is 19.6 Å². The Bertz CT molecular complexity index is 1050. The van der Waals surface area contributed by atoms with E-state index in [1.807, 2.05) is 12.3 Å². The molecule has 0 radical (unpaired) electrons. The van der Waals surface area contributed by atoms with E-state index in [1.165, 1.54) is 11.3 Å². The highest BCUT2D eigenvalue weighted by Gasteiger charge is 2.26. The van der Waals surface area contributed by atoms with Crippen LogP contribution in [0, 0.1) is 0 Å². The van der Waals surface area contributed by atoms with E-state index in [-0.39, 0.29) is 6.61 Å². The number of aromatic nitrogens is 2. The lowest BCUT2D eigenvalue weighted by atomic mass is 10.1. The highest BCUT2D eigenvalue weighted by atomic mass is 32.1. The fraction of sp³-hybridized carbons (Fsp3) is 0.474. The summed E-state index contributed by atoms with van der Waals surface area (Å²) in [6, 6.07) is 3.07. The maximum Gasteiger partial charge on any atom is 0.354 e. The number of aliphatic hydroxyl groups is 1. The maximum absolute atomic E-state index is 12.4. The Labute approximate surface area is 167 Å². The Morgan fingerprint density at radius 2 is 2.25 bits per heavy atom. The Kier molecular flexibility index (Phi) is 5.28. The summed E-state index contributed by atoms with van der Waals surface area (Å²) in [6.45, 7) is 8.58. The quantitative estimate of drug-likeness (QED) is 0.484. The van der Waals surface area contributed by atoms with Crippen LogP contribution in [0.25, 0.3) is 20.5 Å². The van der Waals surface area contributed by atoms with Crippen molar-refractivity contribution in [2.45, 2.75) is 45.1 Å². The minimum Gasteiger partial charge on any atom is -0.424 e. The molecule has 1 aliphatic rings. The van der Waals surface area contributed by atoms with Gasteiger partial charge in [0.1, 0.15) is 23.3 Å². The fourth-order valence-electron chi connectivity index (χ4n) is 3.11. The van der Waals surface area contributed by atoms with Gasteiger partial charge in [-0.2, -0.15) is 5.10 Å². The predicted octanol–water partition coefficient (Wildman–Crippen LogP) is 3.59. The predicted molar refractivity (Wildman–Crippen MR) is 110 cm³/mol. The van der Waals surface area contributed by atoms with Gasteiger partial charge in [0.2, 0.25) is 0 Å². The van der Waals surface area contributed by atoms with E-state index in [4.69, 9.17) is 13.9 Å². The molecule has 0 amide bonds. The van der Waals surface area contributed by atoms with Crippen molar-refractivity contribution in [2.75, 3.05) is 13.2 Å². The van der Waals surface area contributed by atoms with Gasteiger partial charge < -0.3 is 19.0 Å². The van der Waals surface area contributed by atoms with Crippen molar-refractivity contribution >= 4 is 29.5 Å². The van der Waals surface area contributed by atoms with Crippen molar-refractivity contribution in [2.24, 2.45) is 0 Å². The molecule has 150 valence electrons. The Morgan fingerprint density at radius 1 is 1.43 bits per heavy atom. The van der Waals surface area contributed by atoms with Crippen LogP contribution in [0.1, 0.15) is 17.4 Å². The number of nitrogens with zero attached hydrogens (tertiary/aromatic N) is 2. The van der Waals surface area contributed by atoms with Crippen molar-refractivity contribution in [3.05, 3.63) is 40.2 Å². The molecule has 1 N–H and O–H groups in total. The van der Waals surface area contributed by atoms with Crippen LogP contribution in [0.2, 0.25) is 25.7 Å². The summed E-state index contributed by atoms with van der Waals surface area (Å²) in [6.07, 6.45) is 2.78. The van der Waals surface area contributed by atoms with Crippen LogP contribution in [0.15, 0.2) is 27.7 Å². The van der Waals surface area contributed by atoms with Crippen LogP contribution >= 0.6 is 11.3 Å². The minimum absolute atomic E-state index is 0.142. The monoisotopic (exact) mass is 420 g/mol. The largest absolute Gasteiger partial charge is 0.424 e. The SMILES string of the molecule is C[Si](C)(C)CCOCn1cc(-c2cc3c4c(oc(=O)c3s2)C(O)COC4)cn1. The average Bonchev–Trinajstić information content (AvgIpc) is 3.26. The van der Waals surface area contributed by atoms with Gasteiger partial charge in [-0.25, -0.2) is 9.48 Å². The van der Waals surface area contributed by atoms with Crippen LogP contribution in [-0.2, 0) is 22.8 Å². The van der Waals surface area contributed by atoms with Crippen molar-refractivity contribution in [1.82, 2.24) is 9.78 Å². The van der Waals surface area contributed by atoms with Crippen LogP contribution in [0.5, 0.6) is 0 Å². The first kappa shape index (κ1) is 19.5. The zero-order valence-electron chi connectivity index (χ0n) is 16.2. The van der Waals surface area contributed by atoms with Gasteiger partial charge in [-0.05, 0) is 12.1 Å². The lowest BCUT2D eigenvalue weighted by molar-refractivity contribution is -0.00512. The number of ether oxygens (including phenoxy) is 2. The van der Waals surface area contributed by atoms with Crippen LogP contribution in [-0.4, -0.2) is 36.2 Å². The summed E-state index contributed by atoms with van der Waals surface area (Å²) in [5.74, 6) is 0.319. The molecule has 1 aliphatic heterocycles. The molecule has 7 nitrogen and oxygen atoms in total. The summed E-state index contributed by atoms with van der Waals surface area (Å²) in [5, 5.41) is 15.2. The maximum atomic E-state index is 12.4. The molecule has 4 heterocycles. The van der Waals surface area contributed by atoms with E-state index < -0.39 is 19.8 Å². The van der Waals surface area contributed by atoms with Gasteiger partial charge >= 0.3 is 5.63 Å². The lowest BCUT2D eigenvalue weighted by Crippen LogP contribution is -2.22. The van der Waals surface area contributed by atoms with Gasteiger partial charge in [-0.15, -0.1) is 11.3 Å². The normalized spacial score (nSPS) is 17.2. The number of aliphatic hydroxyl groups excluding tert-OH is 1. The Hall–Kier alpha value is -1.78. The molecule has 1 atom stereocenters. The summed E-state index contributed by atoms with van der Waals surface area (Å²) >= 11 is 1.36. The number of hydrogen-bond acceptors (Lipinski definition) is 7. The highest BCUT2D eigenvalue weighted by Crippen LogP contribution is 2.37. The van der Waals surface area contributed by atoms with Crippen molar-refractivity contribution in [3.8, 4) is 10.4 Å². The molecule has 0 bridgehead atoms. The third-order valence-electron chi connectivity index (χ3n) is 4.71. The van der Waals surface area contributed by atoms with Gasteiger partial charge in [0.05, 0.1) is 19.4 Å². The van der Waals surface area contributed by atoms with Gasteiger partial charge in [0.25, 0.3) is 0 Å². The zero-order valence-corrected chi connectivity index (χ0v) is 18.0. The smallest absolute Gasteiger partial charge is 0.354 e. The molecule has 0 spiro atoms. The number of rotatable bonds is 6. The molecule has 0 aromatic carbocycles. The van der Waals surface area contributed by atoms with Gasteiger partial charge in [-0.3, -0.25) is 0 Å². The van der Waals surface area contributed by atoms with E-state index in [9.17, 15) is 9.90 Å². The summed E-state index contributed by atoms with van der Waals surface area (Å²) < 4.78 is 18.8. The molecular weight excluding hydrogens is 396 g/mol. The second-order valence-electron chi connectivity index (χ2n) is 8.23. The van der Waals surface area contributed by atoms with Crippen molar-refractivity contribution in [1.29, 1.82) is 0 Å². The molecule has 0 aliphatic carbocycles. The van der Waals surface area contributed by atoms with E-state index in [2.05, 4.69) is 24.7 Å². The van der Waals surface area contributed by atoms with Gasteiger partial charge in [0.15, 0.2) is 0 Å². The second-order valence-corrected chi connectivity index (χ2v) is 14.9. The number of thiophene rings is 1. The number of fused-ring (bicyclic) bond motifs is 3. The molecule has 1 unspecified atom stereocenters. The van der Waals surface area contributed by atoms with Crippen LogP contribution in [0.3, 0.4) is 0 Å². The van der Waals surface area contributed by atoms with E-state index in [1.54, 1.807) is 10.9 Å². The first-order valence-corrected chi connectivity index (χ1v) is 13.8. The standard InChI is InChI=1S/C19H24N2O5SSi/c1-28(2,3)5-4-24-11-21-8-12(7-20-21)16-6-13-14-9-25-10-15(22)17(14)26-19(23)18(13)27-16/h6-8,15,22H,4-5,9-11H2,1-3H3.